The van der Waals surface area contributed by atoms with E-state index in [9.17, 15) is 4.79 Å². The Kier molecular flexibility index (Phi) is 4.48. The van der Waals surface area contributed by atoms with Crippen molar-refractivity contribution in [1.29, 1.82) is 0 Å². The van der Waals surface area contributed by atoms with Crippen LogP contribution < -0.4 is 10.6 Å². The van der Waals surface area contributed by atoms with Crippen LogP contribution in [0, 0.1) is 5.92 Å². The zero-order chi connectivity index (χ0) is 14.8. The molecule has 2 rings (SSSR count). The molecule has 1 saturated carbocycles. The molecule has 1 amide bonds. The zero-order valence-electron chi connectivity index (χ0n) is 12.9. The minimum absolute atomic E-state index is 0.0494. The highest BCUT2D eigenvalue weighted by atomic mass is 16.2. The van der Waals surface area contributed by atoms with E-state index < -0.39 is 5.54 Å². The summed E-state index contributed by atoms with van der Waals surface area (Å²) < 4.78 is 0. The lowest BCUT2D eigenvalue weighted by Gasteiger charge is -2.38. The third-order valence-corrected chi connectivity index (χ3v) is 4.49. The summed E-state index contributed by atoms with van der Waals surface area (Å²) in [5.41, 5.74) is 7.92. The van der Waals surface area contributed by atoms with E-state index in [0.717, 1.165) is 31.4 Å². The number of aryl methyl sites for hydroxylation is 1. The van der Waals surface area contributed by atoms with E-state index in [-0.39, 0.29) is 5.91 Å². The summed E-state index contributed by atoms with van der Waals surface area (Å²) >= 11 is 0. The van der Waals surface area contributed by atoms with Gasteiger partial charge in [-0.05, 0) is 42.9 Å². The lowest BCUT2D eigenvalue weighted by atomic mass is 9.76. The van der Waals surface area contributed by atoms with Crippen molar-refractivity contribution in [3.63, 3.8) is 0 Å². The minimum atomic E-state index is -0.685. The van der Waals surface area contributed by atoms with Crippen LogP contribution in [-0.2, 0) is 11.2 Å². The molecule has 1 aromatic rings. The number of hydrogen-bond donors (Lipinski definition) is 1. The topological polar surface area (TPSA) is 46.3 Å². The van der Waals surface area contributed by atoms with Crippen LogP contribution in [0.1, 0.15) is 45.1 Å². The number of benzene rings is 1. The summed E-state index contributed by atoms with van der Waals surface area (Å²) in [6, 6.07) is 8.16. The summed E-state index contributed by atoms with van der Waals surface area (Å²) in [4.78, 5) is 14.4. The number of amides is 1. The predicted octanol–water partition coefficient (Wildman–Crippen LogP) is 3.12. The van der Waals surface area contributed by atoms with Gasteiger partial charge in [-0.3, -0.25) is 4.79 Å². The molecule has 0 bridgehead atoms. The first kappa shape index (κ1) is 15.0. The molecule has 110 valence electrons. The molecule has 2 N–H and O–H groups in total. The van der Waals surface area contributed by atoms with Crippen LogP contribution in [0.5, 0.6) is 0 Å². The molecule has 0 heterocycles. The molecule has 0 aliphatic heterocycles. The first-order valence-electron chi connectivity index (χ1n) is 7.62. The van der Waals surface area contributed by atoms with Gasteiger partial charge in [0.15, 0.2) is 0 Å². The summed E-state index contributed by atoms with van der Waals surface area (Å²) in [6.45, 7) is 4.31. The number of likely N-dealkylation sites (N-methyl/N-ethyl adjacent to an activating group) is 1. The van der Waals surface area contributed by atoms with E-state index in [1.165, 1.54) is 12.0 Å². The molecule has 0 aromatic heterocycles. The predicted molar refractivity (Wildman–Crippen MR) is 83.8 cm³/mol. The highest BCUT2D eigenvalue weighted by molar-refractivity contribution is 5.99. The van der Waals surface area contributed by atoms with Crippen molar-refractivity contribution in [1.82, 2.24) is 0 Å². The van der Waals surface area contributed by atoms with Crippen molar-refractivity contribution in [3.8, 4) is 0 Å². The SMILES string of the molecule is CCc1ccc(N(C)C(=O)C2(N)CCCC(C)C2)cc1. The van der Waals surface area contributed by atoms with Gasteiger partial charge >= 0.3 is 0 Å². The first-order valence-corrected chi connectivity index (χ1v) is 7.62. The number of carbonyl (C=O) groups is 1. The Bertz CT molecular complexity index is 468. The Morgan fingerprint density at radius 3 is 2.60 bits per heavy atom. The van der Waals surface area contributed by atoms with Crippen LogP contribution in [0.25, 0.3) is 0 Å². The van der Waals surface area contributed by atoms with Gasteiger partial charge in [0, 0.05) is 12.7 Å². The highest BCUT2D eigenvalue weighted by Gasteiger charge is 2.39. The Balaban J connectivity index is 2.14. The summed E-state index contributed by atoms with van der Waals surface area (Å²) in [5, 5.41) is 0. The van der Waals surface area contributed by atoms with Crippen LogP contribution in [0.3, 0.4) is 0 Å². The fraction of sp³-hybridized carbons (Fsp3) is 0.588. The van der Waals surface area contributed by atoms with Crippen LogP contribution >= 0.6 is 0 Å². The lowest BCUT2D eigenvalue weighted by molar-refractivity contribution is -0.125. The molecule has 0 saturated heterocycles. The van der Waals surface area contributed by atoms with Gasteiger partial charge in [-0.2, -0.15) is 0 Å². The van der Waals surface area contributed by atoms with E-state index in [1.54, 1.807) is 4.90 Å². The number of anilines is 1. The smallest absolute Gasteiger partial charge is 0.246 e. The molecule has 0 radical (unpaired) electrons. The van der Waals surface area contributed by atoms with Crippen molar-refractivity contribution in [2.45, 2.75) is 51.5 Å². The van der Waals surface area contributed by atoms with E-state index >= 15 is 0 Å². The number of rotatable bonds is 3. The second-order valence-electron chi connectivity index (χ2n) is 6.24. The second kappa shape index (κ2) is 5.96. The van der Waals surface area contributed by atoms with Gasteiger partial charge in [0.2, 0.25) is 5.91 Å². The van der Waals surface area contributed by atoms with E-state index in [2.05, 4.69) is 26.0 Å². The normalized spacial score (nSPS) is 26.3. The Morgan fingerprint density at radius 1 is 1.40 bits per heavy atom. The zero-order valence-corrected chi connectivity index (χ0v) is 12.9. The monoisotopic (exact) mass is 274 g/mol. The van der Waals surface area contributed by atoms with Crippen LogP contribution in [0.15, 0.2) is 24.3 Å². The number of carbonyl (C=O) groups excluding carboxylic acids is 1. The van der Waals surface area contributed by atoms with Gasteiger partial charge < -0.3 is 10.6 Å². The molecule has 1 aromatic carbocycles. The molecule has 2 unspecified atom stereocenters. The van der Waals surface area contributed by atoms with Crippen LogP contribution in [0.4, 0.5) is 5.69 Å². The maximum Gasteiger partial charge on any atom is 0.246 e. The number of nitrogens with two attached hydrogens (primary N) is 1. The highest BCUT2D eigenvalue weighted by Crippen LogP contribution is 2.32. The molecule has 2 atom stereocenters. The maximum atomic E-state index is 12.7. The molecule has 1 fully saturated rings. The average Bonchev–Trinajstić information content (AvgIpc) is 2.45. The first-order chi connectivity index (χ1) is 9.46. The average molecular weight is 274 g/mol. The van der Waals surface area contributed by atoms with Gasteiger partial charge in [0.05, 0.1) is 5.54 Å². The summed E-state index contributed by atoms with van der Waals surface area (Å²) in [7, 11) is 1.83. The van der Waals surface area contributed by atoms with Gasteiger partial charge in [-0.15, -0.1) is 0 Å². The molecule has 1 aliphatic carbocycles. The van der Waals surface area contributed by atoms with E-state index in [1.807, 2.05) is 19.2 Å². The van der Waals surface area contributed by atoms with Crippen molar-refractivity contribution in [3.05, 3.63) is 29.8 Å². The quantitative estimate of drug-likeness (QED) is 0.920. The van der Waals surface area contributed by atoms with Crippen molar-refractivity contribution in [2.75, 3.05) is 11.9 Å². The van der Waals surface area contributed by atoms with Gasteiger partial charge in [-0.25, -0.2) is 0 Å². The van der Waals surface area contributed by atoms with Gasteiger partial charge in [0.25, 0.3) is 0 Å². The Morgan fingerprint density at radius 2 is 2.05 bits per heavy atom. The van der Waals surface area contributed by atoms with Crippen molar-refractivity contribution in [2.24, 2.45) is 11.7 Å². The largest absolute Gasteiger partial charge is 0.317 e. The molecule has 3 nitrogen and oxygen atoms in total. The van der Waals surface area contributed by atoms with Gasteiger partial charge in [-0.1, -0.05) is 38.8 Å². The van der Waals surface area contributed by atoms with E-state index in [0.29, 0.717) is 5.92 Å². The van der Waals surface area contributed by atoms with E-state index in [4.69, 9.17) is 5.73 Å². The third-order valence-electron chi connectivity index (χ3n) is 4.49. The molecule has 3 heteroatoms. The standard InChI is InChI=1S/C17H26N2O/c1-4-14-7-9-15(10-8-14)19(3)16(20)17(18)11-5-6-13(2)12-17/h7-10,13H,4-6,11-12,18H2,1-3H3. The van der Waals surface area contributed by atoms with Crippen LogP contribution in [0.2, 0.25) is 0 Å². The third kappa shape index (κ3) is 3.04. The second-order valence-corrected chi connectivity index (χ2v) is 6.24. The molecule has 1 aliphatic rings. The van der Waals surface area contributed by atoms with Gasteiger partial charge in [0.1, 0.15) is 0 Å². The fourth-order valence-electron chi connectivity index (χ4n) is 3.19. The number of nitrogens with zero attached hydrogens (tertiary/aromatic N) is 1. The number of hydrogen-bond acceptors (Lipinski definition) is 2. The Hall–Kier alpha value is -1.35. The van der Waals surface area contributed by atoms with Crippen molar-refractivity contribution < 1.29 is 4.79 Å². The summed E-state index contributed by atoms with van der Waals surface area (Å²) in [5.74, 6) is 0.585. The van der Waals surface area contributed by atoms with Crippen LogP contribution in [-0.4, -0.2) is 18.5 Å². The molecular formula is C17H26N2O. The minimum Gasteiger partial charge on any atom is -0.317 e. The molecule has 20 heavy (non-hydrogen) atoms. The lowest BCUT2D eigenvalue weighted by Crippen LogP contribution is -2.56. The molecule has 0 spiro atoms. The fourth-order valence-corrected chi connectivity index (χ4v) is 3.19. The molecular weight excluding hydrogens is 248 g/mol. The summed E-state index contributed by atoms with van der Waals surface area (Å²) in [6.07, 6.45) is 4.83. The maximum absolute atomic E-state index is 12.7. The Labute approximate surface area is 122 Å². The van der Waals surface area contributed by atoms with Crippen molar-refractivity contribution >= 4 is 11.6 Å².